The molecule has 2 aromatic rings. The predicted octanol–water partition coefficient (Wildman–Crippen LogP) is 3.72. The molecule has 29 heavy (non-hydrogen) atoms. The van der Waals surface area contributed by atoms with Crippen LogP contribution in [0.3, 0.4) is 0 Å². The van der Waals surface area contributed by atoms with Gasteiger partial charge in [0.2, 0.25) is 5.91 Å². The number of piperidine rings is 1. The second-order valence-electron chi connectivity index (χ2n) is 7.33. The third-order valence-electron chi connectivity index (χ3n) is 5.27. The van der Waals surface area contributed by atoms with Crippen molar-refractivity contribution >= 4 is 51.5 Å². The average Bonchev–Trinajstić information content (AvgIpc) is 2.69. The molecule has 152 valence electrons. The molecule has 1 N–H and O–H groups in total. The van der Waals surface area contributed by atoms with Crippen molar-refractivity contribution in [2.75, 3.05) is 24.2 Å². The molecule has 0 aliphatic carbocycles. The van der Waals surface area contributed by atoms with E-state index in [1.54, 1.807) is 6.07 Å². The van der Waals surface area contributed by atoms with E-state index in [2.05, 4.69) is 10.2 Å². The highest BCUT2D eigenvalue weighted by atomic mass is 35.5. The molecule has 1 fully saturated rings. The Morgan fingerprint density at radius 2 is 2.10 bits per heavy atom. The first-order chi connectivity index (χ1) is 13.9. The summed E-state index contributed by atoms with van der Waals surface area (Å²) in [5.41, 5.74) is 1.57. The number of amides is 1. The van der Waals surface area contributed by atoms with E-state index in [-0.39, 0.29) is 28.2 Å². The number of carbonyl (C=O) groups is 1. The number of nitrogens with one attached hydrogen (secondary N) is 1. The van der Waals surface area contributed by atoms with Crippen LogP contribution >= 0.6 is 35.6 Å². The Morgan fingerprint density at radius 1 is 1.28 bits per heavy atom. The number of halogens is 2. The van der Waals surface area contributed by atoms with Crippen LogP contribution in [0, 0.1) is 11.7 Å². The molecule has 4 rings (SSSR count). The highest BCUT2D eigenvalue weighted by Gasteiger charge is 2.35. The van der Waals surface area contributed by atoms with E-state index in [9.17, 15) is 14.0 Å². The predicted molar refractivity (Wildman–Crippen MR) is 118 cm³/mol. The van der Waals surface area contributed by atoms with Crippen molar-refractivity contribution in [1.29, 1.82) is 0 Å². The fraction of sp³-hybridized carbons (Fsp3) is 0.350. The zero-order valence-electron chi connectivity index (χ0n) is 15.4. The van der Waals surface area contributed by atoms with Crippen molar-refractivity contribution in [1.82, 2.24) is 9.47 Å². The minimum absolute atomic E-state index is 0.0368. The molecule has 0 spiro atoms. The second kappa shape index (κ2) is 8.45. The van der Waals surface area contributed by atoms with E-state index in [0.717, 1.165) is 25.2 Å². The number of benzene rings is 1. The fourth-order valence-electron chi connectivity index (χ4n) is 4.04. The number of rotatable bonds is 3. The maximum Gasteiger partial charge on any atom is 0.250 e. The summed E-state index contributed by atoms with van der Waals surface area (Å²) in [6, 6.07) is 9.49. The van der Waals surface area contributed by atoms with Crippen molar-refractivity contribution in [2.24, 2.45) is 5.92 Å². The zero-order valence-corrected chi connectivity index (χ0v) is 17.8. The summed E-state index contributed by atoms with van der Waals surface area (Å²) in [6.45, 7) is 2.25. The topological polar surface area (TPSA) is 54.3 Å². The molecule has 0 radical (unpaired) electrons. The number of carbonyl (C=O) groups excluding carboxylic acids is 1. The van der Waals surface area contributed by atoms with Gasteiger partial charge in [-0.05, 0) is 36.6 Å². The smallest absolute Gasteiger partial charge is 0.250 e. The number of anilines is 1. The van der Waals surface area contributed by atoms with E-state index in [1.807, 2.05) is 16.7 Å². The summed E-state index contributed by atoms with van der Waals surface area (Å²) in [6.07, 6.45) is 1.05. The lowest BCUT2D eigenvalue weighted by molar-refractivity contribution is -0.113. The summed E-state index contributed by atoms with van der Waals surface area (Å²) in [5.74, 6) is 0.0458. The van der Waals surface area contributed by atoms with Crippen molar-refractivity contribution in [2.45, 2.75) is 18.9 Å². The minimum atomic E-state index is -0.528. The first kappa shape index (κ1) is 20.4. The number of fused-ring (bicyclic) bond motifs is 4. The number of thiocarbonyl (C=S) groups is 1. The molecule has 5 nitrogen and oxygen atoms in total. The van der Waals surface area contributed by atoms with E-state index in [0.29, 0.717) is 22.5 Å². The molecule has 1 aromatic heterocycles. The number of thioether (sulfide) groups is 1. The SMILES string of the molecule is O=C(CSC(=S)N1CC2CC(C1)c1cccc(=O)n1C2)Nc1ccc(F)c(Cl)c1. The maximum atomic E-state index is 13.2. The van der Waals surface area contributed by atoms with Gasteiger partial charge < -0.3 is 14.8 Å². The van der Waals surface area contributed by atoms with Crippen LogP contribution in [-0.4, -0.2) is 38.5 Å². The van der Waals surface area contributed by atoms with Crippen LogP contribution in [0.25, 0.3) is 0 Å². The number of hydrogen-bond donors (Lipinski definition) is 1. The Balaban J connectivity index is 1.34. The van der Waals surface area contributed by atoms with Gasteiger partial charge in [0.25, 0.3) is 5.56 Å². The molecular formula is C20H19ClFN3O2S2. The summed E-state index contributed by atoms with van der Waals surface area (Å²) >= 11 is 12.6. The standard InChI is InChI=1S/C20H19ClFN3O2S2/c21-15-7-14(4-5-16(15)22)23-18(26)11-29-20(28)24-8-12-6-13(10-24)17-2-1-3-19(27)25(17)9-12/h1-5,7,12-13H,6,8-11H2,(H,23,26). The molecule has 1 aromatic carbocycles. The molecular weight excluding hydrogens is 433 g/mol. The number of nitrogens with zero attached hydrogens (tertiary/aromatic N) is 2. The Hall–Kier alpha value is -1.90. The van der Waals surface area contributed by atoms with Gasteiger partial charge in [-0.3, -0.25) is 9.59 Å². The van der Waals surface area contributed by atoms with Gasteiger partial charge in [0.1, 0.15) is 10.1 Å². The molecule has 9 heteroatoms. The van der Waals surface area contributed by atoms with E-state index < -0.39 is 5.82 Å². The third kappa shape index (κ3) is 4.49. The van der Waals surface area contributed by atoms with Crippen LogP contribution in [0.4, 0.5) is 10.1 Å². The summed E-state index contributed by atoms with van der Waals surface area (Å²) in [7, 11) is 0. The third-order valence-corrected chi connectivity index (χ3v) is 7.08. The summed E-state index contributed by atoms with van der Waals surface area (Å²) in [4.78, 5) is 26.5. The van der Waals surface area contributed by atoms with Crippen LogP contribution in [-0.2, 0) is 11.3 Å². The fourth-order valence-corrected chi connectivity index (χ4v) is 5.20. The Kier molecular flexibility index (Phi) is 5.94. The Bertz CT molecular complexity index is 1030. The summed E-state index contributed by atoms with van der Waals surface area (Å²) < 4.78 is 15.8. The van der Waals surface area contributed by atoms with Gasteiger partial charge in [0, 0.05) is 43.0 Å². The number of pyridine rings is 1. The monoisotopic (exact) mass is 451 g/mol. The van der Waals surface area contributed by atoms with Gasteiger partial charge in [0.05, 0.1) is 10.8 Å². The molecule has 2 aliphatic rings. The highest BCUT2D eigenvalue weighted by molar-refractivity contribution is 8.23. The average molecular weight is 452 g/mol. The van der Waals surface area contributed by atoms with Crippen LogP contribution < -0.4 is 10.9 Å². The normalized spacial score (nSPS) is 20.1. The molecule has 2 unspecified atom stereocenters. The van der Waals surface area contributed by atoms with Gasteiger partial charge >= 0.3 is 0 Å². The van der Waals surface area contributed by atoms with Crippen LogP contribution in [0.1, 0.15) is 18.0 Å². The summed E-state index contributed by atoms with van der Waals surface area (Å²) in [5, 5.41) is 2.66. The zero-order chi connectivity index (χ0) is 20.5. The van der Waals surface area contributed by atoms with E-state index in [1.165, 1.54) is 30.0 Å². The van der Waals surface area contributed by atoms with Gasteiger partial charge in [-0.1, -0.05) is 41.6 Å². The van der Waals surface area contributed by atoms with Gasteiger partial charge in [-0.25, -0.2) is 4.39 Å². The molecule has 2 aliphatic heterocycles. The lowest BCUT2D eigenvalue weighted by Gasteiger charge is -2.43. The van der Waals surface area contributed by atoms with Crippen molar-refractivity contribution in [3.8, 4) is 0 Å². The lowest BCUT2D eigenvalue weighted by Crippen LogP contribution is -2.48. The molecule has 1 saturated heterocycles. The van der Waals surface area contributed by atoms with Crippen LogP contribution in [0.15, 0.2) is 41.2 Å². The van der Waals surface area contributed by atoms with Crippen molar-refractivity contribution < 1.29 is 9.18 Å². The molecule has 1 amide bonds. The highest BCUT2D eigenvalue weighted by Crippen LogP contribution is 2.36. The largest absolute Gasteiger partial charge is 0.356 e. The van der Waals surface area contributed by atoms with Gasteiger partial charge in [-0.15, -0.1) is 0 Å². The number of aromatic nitrogens is 1. The minimum Gasteiger partial charge on any atom is -0.356 e. The van der Waals surface area contributed by atoms with Crippen LogP contribution in [0.5, 0.6) is 0 Å². The molecule has 2 atom stereocenters. The number of likely N-dealkylation sites (tertiary alicyclic amines) is 1. The molecule has 3 heterocycles. The first-order valence-electron chi connectivity index (χ1n) is 9.27. The van der Waals surface area contributed by atoms with Gasteiger partial charge in [0.15, 0.2) is 0 Å². The maximum absolute atomic E-state index is 13.2. The van der Waals surface area contributed by atoms with E-state index >= 15 is 0 Å². The lowest BCUT2D eigenvalue weighted by atomic mass is 9.83. The van der Waals surface area contributed by atoms with E-state index in [4.69, 9.17) is 23.8 Å². The first-order valence-corrected chi connectivity index (χ1v) is 11.0. The van der Waals surface area contributed by atoms with Crippen molar-refractivity contribution in [3.63, 3.8) is 0 Å². The van der Waals surface area contributed by atoms with Crippen molar-refractivity contribution in [3.05, 3.63) is 63.3 Å². The molecule has 2 bridgehead atoms. The molecule has 0 saturated carbocycles. The Morgan fingerprint density at radius 3 is 2.90 bits per heavy atom. The number of hydrogen-bond acceptors (Lipinski definition) is 4. The Labute approximate surface area is 182 Å². The second-order valence-corrected chi connectivity index (χ2v) is 9.35. The van der Waals surface area contributed by atoms with Gasteiger partial charge in [-0.2, -0.15) is 0 Å². The van der Waals surface area contributed by atoms with Crippen LogP contribution in [0.2, 0.25) is 5.02 Å². The quantitative estimate of drug-likeness (QED) is 0.721.